The van der Waals surface area contributed by atoms with E-state index < -0.39 is 0 Å². The number of hydrogen-bond donors (Lipinski definition) is 2. The van der Waals surface area contributed by atoms with Crippen molar-refractivity contribution in [1.82, 2.24) is 10.6 Å². The summed E-state index contributed by atoms with van der Waals surface area (Å²) in [5.74, 6) is 0.924. The standard InChI is InChI=1S/C12H17BrN2OS/c13-11-4-3-10(17-11)5-6-15-12(16)8-14-7-9-1-2-9/h3-4,9,14H,1-2,5-8H2,(H,15,16). The average molecular weight is 317 g/mol. The summed E-state index contributed by atoms with van der Waals surface area (Å²) in [6.07, 6.45) is 3.55. The molecule has 3 nitrogen and oxygen atoms in total. The first kappa shape index (κ1) is 13.1. The Hall–Kier alpha value is -0.390. The van der Waals surface area contributed by atoms with Crippen molar-refractivity contribution in [2.45, 2.75) is 19.3 Å². The minimum absolute atomic E-state index is 0.0984. The molecule has 94 valence electrons. The van der Waals surface area contributed by atoms with Gasteiger partial charge in [-0.25, -0.2) is 0 Å². The van der Waals surface area contributed by atoms with Crippen LogP contribution in [0.5, 0.6) is 0 Å². The second kappa shape index (κ2) is 6.52. The number of rotatable bonds is 7. The summed E-state index contributed by atoms with van der Waals surface area (Å²) in [5.41, 5.74) is 0. The first-order valence-corrected chi connectivity index (χ1v) is 7.56. The van der Waals surface area contributed by atoms with Crippen LogP contribution < -0.4 is 10.6 Å². The minimum atomic E-state index is 0.0984. The lowest BCUT2D eigenvalue weighted by atomic mass is 10.3. The quantitative estimate of drug-likeness (QED) is 0.809. The van der Waals surface area contributed by atoms with E-state index in [2.05, 4.69) is 32.6 Å². The highest BCUT2D eigenvalue weighted by molar-refractivity contribution is 9.11. The van der Waals surface area contributed by atoms with E-state index in [1.807, 2.05) is 6.07 Å². The van der Waals surface area contributed by atoms with Crippen molar-refractivity contribution in [3.63, 3.8) is 0 Å². The zero-order valence-electron chi connectivity index (χ0n) is 9.67. The molecule has 0 unspecified atom stereocenters. The molecule has 2 N–H and O–H groups in total. The Bertz CT molecular complexity index is 376. The van der Waals surface area contributed by atoms with Crippen LogP contribution >= 0.6 is 27.3 Å². The van der Waals surface area contributed by atoms with Crippen LogP contribution in [0.25, 0.3) is 0 Å². The number of halogens is 1. The number of amides is 1. The molecule has 0 radical (unpaired) electrons. The monoisotopic (exact) mass is 316 g/mol. The van der Waals surface area contributed by atoms with Crippen molar-refractivity contribution in [2.24, 2.45) is 5.92 Å². The summed E-state index contributed by atoms with van der Waals surface area (Å²) < 4.78 is 1.14. The zero-order valence-corrected chi connectivity index (χ0v) is 12.1. The van der Waals surface area contributed by atoms with E-state index in [-0.39, 0.29) is 5.91 Å². The van der Waals surface area contributed by atoms with Crippen LogP contribution in [0.15, 0.2) is 15.9 Å². The van der Waals surface area contributed by atoms with Crippen LogP contribution in [0.3, 0.4) is 0 Å². The maximum atomic E-state index is 11.5. The van der Waals surface area contributed by atoms with Crippen molar-refractivity contribution in [3.8, 4) is 0 Å². The van der Waals surface area contributed by atoms with E-state index in [1.165, 1.54) is 17.7 Å². The summed E-state index contributed by atoms with van der Waals surface area (Å²) in [5, 5.41) is 6.11. The normalized spacial score (nSPS) is 14.9. The molecule has 1 aromatic rings. The molecule has 1 fully saturated rings. The van der Waals surface area contributed by atoms with E-state index >= 15 is 0 Å². The van der Waals surface area contributed by atoms with Gasteiger partial charge in [-0.1, -0.05) is 0 Å². The molecule has 17 heavy (non-hydrogen) atoms. The van der Waals surface area contributed by atoms with E-state index in [4.69, 9.17) is 0 Å². The third-order valence-corrected chi connectivity index (χ3v) is 4.42. The van der Waals surface area contributed by atoms with Gasteiger partial charge < -0.3 is 10.6 Å². The fraction of sp³-hybridized carbons (Fsp3) is 0.583. The van der Waals surface area contributed by atoms with E-state index in [0.717, 1.165) is 29.2 Å². The van der Waals surface area contributed by atoms with Gasteiger partial charge in [0.15, 0.2) is 0 Å². The van der Waals surface area contributed by atoms with Gasteiger partial charge in [0, 0.05) is 11.4 Å². The third kappa shape index (κ3) is 5.19. The maximum absolute atomic E-state index is 11.5. The molecular formula is C12H17BrN2OS. The molecule has 5 heteroatoms. The number of carbonyl (C=O) groups excluding carboxylic acids is 1. The van der Waals surface area contributed by atoms with Gasteiger partial charge in [-0.15, -0.1) is 11.3 Å². The molecule has 0 atom stereocenters. The Kier molecular flexibility index (Phi) is 5.00. The van der Waals surface area contributed by atoms with Crippen LogP contribution in [0.2, 0.25) is 0 Å². The van der Waals surface area contributed by atoms with Gasteiger partial charge >= 0.3 is 0 Å². The van der Waals surface area contributed by atoms with E-state index in [1.54, 1.807) is 11.3 Å². The average Bonchev–Trinajstić information content (AvgIpc) is 3.02. The lowest BCUT2D eigenvalue weighted by Crippen LogP contribution is -2.35. The molecule has 1 heterocycles. The SMILES string of the molecule is O=C(CNCC1CC1)NCCc1ccc(Br)s1. The van der Waals surface area contributed by atoms with Gasteiger partial charge in [0.2, 0.25) is 5.91 Å². The smallest absolute Gasteiger partial charge is 0.233 e. The summed E-state index contributed by atoms with van der Waals surface area (Å²) in [6, 6.07) is 4.13. The van der Waals surface area contributed by atoms with Gasteiger partial charge in [0.25, 0.3) is 0 Å². The first-order chi connectivity index (χ1) is 8.24. The molecule has 1 aliphatic carbocycles. The molecule has 0 aliphatic heterocycles. The molecule has 2 rings (SSSR count). The van der Waals surface area contributed by atoms with Crippen molar-refractivity contribution in [1.29, 1.82) is 0 Å². The Labute approximate surface area is 114 Å². The molecule has 1 aromatic heterocycles. The highest BCUT2D eigenvalue weighted by atomic mass is 79.9. The molecule has 1 saturated carbocycles. The molecule has 1 aliphatic rings. The minimum Gasteiger partial charge on any atom is -0.355 e. The topological polar surface area (TPSA) is 41.1 Å². The third-order valence-electron chi connectivity index (χ3n) is 2.74. The van der Waals surface area contributed by atoms with Crippen molar-refractivity contribution in [3.05, 3.63) is 20.8 Å². The predicted octanol–water partition coefficient (Wildman–Crippen LogP) is 2.17. The Morgan fingerprint density at radius 1 is 1.47 bits per heavy atom. The van der Waals surface area contributed by atoms with Crippen LogP contribution in [0.4, 0.5) is 0 Å². The molecule has 0 spiro atoms. The van der Waals surface area contributed by atoms with Crippen molar-refractivity contribution >= 4 is 33.2 Å². The van der Waals surface area contributed by atoms with Gasteiger partial charge in [-0.2, -0.15) is 0 Å². The van der Waals surface area contributed by atoms with Crippen LogP contribution in [-0.2, 0) is 11.2 Å². The Balaban J connectivity index is 1.53. The number of hydrogen-bond acceptors (Lipinski definition) is 3. The molecule has 0 aromatic carbocycles. The lowest BCUT2D eigenvalue weighted by Gasteiger charge is -2.05. The second-order valence-electron chi connectivity index (χ2n) is 4.38. The van der Waals surface area contributed by atoms with E-state index in [0.29, 0.717) is 6.54 Å². The van der Waals surface area contributed by atoms with Gasteiger partial charge in [0.05, 0.1) is 10.3 Å². The molecule has 1 amide bonds. The largest absolute Gasteiger partial charge is 0.355 e. The Morgan fingerprint density at radius 2 is 2.29 bits per heavy atom. The van der Waals surface area contributed by atoms with Crippen LogP contribution in [0, 0.1) is 5.92 Å². The van der Waals surface area contributed by atoms with Gasteiger partial charge in [-0.05, 0) is 59.8 Å². The van der Waals surface area contributed by atoms with Crippen molar-refractivity contribution < 1.29 is 4.79 Å². The molecule has 0 saturated heterocycles. The summed E-state index contributed by atoms with van der Waals surface area (Å²) in [7, 11) is 0. The highest BCUT2D eigenvalue weighted by Gasteiger charge is 2.20. The number of nitrogens with one attached hydrogen (secondary N) is 2. The Morgan fingerprint density at radius 3 is 2.94 bits per heavy atom. The van der Waals surface area contributed by atoms with Gasteiger partial charge in [0.1, 0.15) is 0 Å². The summed E-state index contributed by atoms with van der Waals surface area (Å²) in [4.78, 5) is 12.8. The lowest BCUT2D eigenvalue weighted by molar-refractivity contribution is -0.120. The summed E-state index contributed by atoms with van der Waals surface area (Å²) in [6.45, 7) is 2.16. The molecule has 0 bridgehead atoms. The predicted molar refractivity (Wildman–Crippen MR) is 74.3 cm³/mol. The number of thiophene rings is 1. The van der Waals surface area contributed by atoms with Gasteiger partial charge in [-0.3, -0.25) is 4.79 Å². The van der Waals surface area contributed by atoms with Crippen LogP contribution in [-0.4, -0.2) is 25.5 Å². The molecular weight excluding hydrogens is 300 g/mol. The van der Waals surface area contributed by atoms with Crippen LogP contribution in [0.1, 0.15) is 17.7 Å². The maximum Gasteiger partial charge on any atom is 0.233 e. The van der Waals surface area contributed by atoms with Crippen molar-refractivity contribution in [2.75, 3.05) is 19.6 Å². The number of carbonyl (C=O) groups is 1. The first-order valence-electron chi connectivity index (χ1n) is 5.95. The second-order valence-corrected chi connectivity index (χ2v) is 6.93. The summed E-state index contributed by atoms with van der Waals surface area (Å²) >= 11 is 5.15. The fourth-order valence-electron chi connectivity index (χ4n) is 1.59. The van der Waals surface area contributed by atoms with E-state index in [9.17, 15) is 4.79 Å². The fourth-order valence-corrected chi connectivity index (χ4v) is 3.07. The zero-order chi connectivity index (χ0) is 12.1. The highest BCUT2D eigenvalue weighted by Crippen LogP contribution is 2.27.